The highest BCUT2D eigenvalue weighted by Gasteiger charge is 2.01. The molecule has 0 aliphatic heterocycles. The molecule has 0 aliphatic carbocycles. The van der Waals surface area contributed by atoms with Crippen molar-refractivity contribution in [1.82, 2.24) is 15.1 Å². The minimum atomic E-state index is 0. The van der Waals surface area contributed by atoms with Crippen molar-refractivity contribution in [2.45, 2.75) is 33.2 Å². The standard InChI is InChI=1S/C11H20N4O.ClH/c1-9-8-10(2)15(14-9)7-3-6-13-11(16)4-5-12;/h8H,3-7,12H2,1-2H3,(H,13,16);1H. The Morgan fingerprint density at radius 3 is 2.76 bits per heavy atom. The quantitative estimate of drug-likeness (QED) is 0.743. The van der Waals surface area contributed by atoms with Crippen LogP contribution >= 0.6 is 12.4 Å². The Balaban J connectivity index is 0.00000256. The zero-order chi connectivity index (χ0) is 12.0. The lowest BCUT2D eigenvalue weighted by atomic mass is 10.3. The first-order valence-corrected chi connectivity index (χ1v) is 5.61. The maximum absolute atomic E-state index is 11.1. The summed E-state index contributed by atoms with van der Waals surface area (Å²) >= 11 is 0. The molecule has 0 spiro atoms. The molecule has 0 aromatic carbocycles. The molecule has 98 valence electrons. The number of halogens is 1. The Labute approximate surface area is 108 Å². The summed E-state index contributed by atoms with van der Waals surface area (Å²) in [7, 11) is 0. The van der Waals surface area contributed by atoms with Crippen molar-refractivity contribution < 1.29 is 4.79 Å². The number of carbonyl (C=O) groups excluding carboxylic acids is 1. The molecule has 0 radical (unpaired) electrons. The highest BCUT2D eigenvalue weighted by Crippen LogP contribution is 2.02. The van der Waals surface area contributed by atoms with Crippen LogP contribution < -0.4 is 11.1 Å². The molecule has 0 saturated heterocycles. The van der Waals surface area contributed by atoms with Crippen molar-refractivity contribution in [2.75, 3.05) is 13.1 Å². The van der Waals surface area contributed by atoms with Crippen LogP contribution in [0.3, 0.4) is 0 Å². The number of hydrogen-bond donors (Lipinski definition) is 2. The molecule has 3 N–H and O–H groups in total. The molecule has 5 nitrogen and oxygen atoms in total. The van der Waals surface area contributed by atoms with E-state index in [0.29, 0.717) is 19.5 Å². The zero-order valence-electron chi connectivity index (χ0n) is 10.4. The summed E-state index contributed by atoms with van der Waals surface area (Å²) in [5, 5.41) is 7.17. The Bertz CT molecular complexity index is 351. The van der Waals surface area contributed by atoms with E-state index in [1.54, 1.807) is 0 Å². The van der Waals surface area contributed by atoms with Crippen LogP contribution in [-0.2, 0) is 11.3 Å². The number of aromatic nitrogens is 2. The van der Waals surface area contributed by atoms with Gasteiger partial charge in [0.15, 0.2) is 0 Å². The van der Waals surface area contributed by atoms with E-state index in [4.69, 9.17) is 5.73 Å². The second-order valence-corrected chi connectivity index (χ2v) is 3.89. The van der Waals surface area contributed by atoms with Gasteiger partial charge in [-0.1, -0.05) is 0 Å². The van der Waals surface area contributed by atoms with Crippen LogP contribution in [0.2, 0.25) is 0 Å². The number of hydrogen-bond acceptors (Lipinski definition) is 3. The van der Waals surface area contributed by atoms with E-state index in [0.717, 1.165) is 24.4 Å². The predicted molar refractivity (Wildman–Crippen MR) is 70.2 cm³/mol. The van der Waals surface area contributed by atoms with Crippen LogP contribution in [0.1, 0.15) is 24.2 Å². The van der Waals surface area contributed by atoms with Crippen LogP contribution in [0, 0.1) is 13.8 Å². The lowest BCUT2D eigenvalue weighted by Gasteiger charge is -2.05. The molecule has 17 heavy (non-hydrogen) atoms. The Kier molecular flexibility index (Phi) is 7.58. The van der Waals surface area contributed by atoms with Gasteiger partial charge >= 0.3 is 0 Å². The van der Waals surface area contributed by atoms with Crippen LogP contribution in [0.5, 0.6) is 0 Å². The average Bonchev–Trinajstić information content (AvgIpc) is 2.53. The lowest BCUT2D eigenvalue weighted by molar-refractivity contribution is -0.120. The highest BCUT2D eigenvalue weighted by atomic mass is 35.5. The molecule has 0 aliphatic rings. The van der Waals surface area contributed by atoms with Gasteiger partial charge in [0, 0.05) is 31.7 Å². The molecule has 0 bridgehead atoms. The van der Waals surface area contributed by atoms with Crippen molar-refractivity contribution in [3.05, 3.63) is 17.5 Å². The molecular weight excluding hydrogens is 240 g/mol. The minimum Gasteiger partial charge on any atom is -0.356 e. The lowest BCUT2D eigenvalue weighted by Crippen LogP contribution is -2.27. The highest BCUT2D eigenvalue weighted by molar-refractivity contribution is 5.85. The molecule has 0 fully saturated rings. The minimum absolute atomic E-state index is 0. The van der Waals surface area contributed by atoms with E-state index >= 15 is 0 Å². The molecule has 6 heteroatoms. The summed E-state index contributed by atoms with van der Waals surface area (Å²) in [6, 6.07) is 2.05. The van der Waals surface area contributed by atoms with Crippen molar-refractivity contribution in [1.29, 1.82) is 0 Å². The Morgan fingerprint density at radius 1 is 1.53 bits per heavy atom. The fraction of sp³-hybridized carbons (Fsp3) is 0.636. The molecule has 1 heterocycles. The molecule has 1 aromatic rings. The van der Waals surface area contributed by atoms with Gasteiger partial charge in [0.2, 0.25) is 5.91 Å². The van der Waals surface area contributed by atoms with Crippen LogP contribution in [0.25, 0.3) is 0 Å². The monoisotopic (exact) mass is 260 g/mol. The Hall–Kier alpha value is -1.07. The first kappa shape index (κ1) is 15.9. The van der Waals surface area contributed by atoms with Crippen molar-refractivity contribution >= 4 is 18.3 Å². The third-order valence-electron chi connectivity index (χ3n) is 2.34. The van der Waals surface area contributed by atoms with E-state index in [1.807, 2.05) is 24.6 Å². The number of nitrogens with two attached hydrogens (primary N) is 1. The second-order valence-electron chi connectivity index (χ2n) is 3.89. The molecule has 0 atom stereocenters. The van der Waals surface area contributed by atoms with E-state index in [-0.39, 0.29) is 18.3 Å². The van der Waals surface area contributed by atoms with Gasteiger partial charge < -0.3 is 11.1 Å². The first-order chi connectivity index (χ1) is 7.63. The van der Waals surface area contributed by atoms with Gasteiger partial charge in [0.05, 0.1) is 5.69 Å². The van der Waals surface area contributed by atoms with E-state index in [9.17, 15) is 4.79 Å². The average molecular weight is 261 g/mol. The Morgan fingerprint density at radius 2 is 2.24 bits per heavy atom. The van der Waals surface area contributed by atoms with Gasteiger partial charge in [-0.15, -0.1) is 12.4 Å². The number of aryl methyl sites for hydroxylation is 3. The van der Waals surface area contributed by atoms with Gasteiger partial charge in [-0.25, -0.2) is 0 Å². The van der Waals surface area contributed by atoms with Crippen molar-refractivity contribution in [3.63, 3.8) is 0 Å². The van der Waals surface area contributed by atoms with Crippen molar-refractivity contribution in [2.24, 2.45) is 5.73 Å². The number of carbonyl (C=O) groups is 1. The van der Waals surface area contributed by atoms with Gasteiger partial charge in [0.1, 0.15) is 0 Å². The van der Waals surface area contributed by atoms with Crippen molar-refractivity contribution in [3.8, 4) is 0 Å². The SMILES string of the molecule is Cc1cc(C)n(CCCNC(=O)CCN)n1.Cl. The second kappa shape index (κ2) is 8.08. The molecule has 0 unspecified atom stereocenters. The first-order valence-electron chi connectivity index (χ1n) is 5.61. The fourth-order valence-corrected chi connectivity index (χ4v) is 1.58. The maximum atomic E-state index is 11.1. The molecular formula is C11H21ClN4O. The van der Waals surface area contributed by atoms with E-state index < -0.39 is 0 Å². The summed E-state index contributed by atoms with van der Waals surface area (Å²) in [5.74, 6) is 0.0240. The number of nitrogens with one attached hydrogen (secondary N) is 1. The smallest absolute Gasteiger partial charge is 0.221 e. The topological polar surface area (TPSA) is 72.9 Å². The molecule has 1 rings (SSSR count). The maximum Gasteiger partial charge on any atom is 0.221 e. The third kappa shape index (κ3) is 5.70. The van der Waals surface area contributed by atoms with Gasteiger partial charge in [-0.05, 0) is 26.3 Å². The zero-order valence-corrected chi connectivity index (χ0v) is 11.2. The summed E-state index contributed by atoms with van der Waals surface area (Å²) in [4.78, 5) is 11.1. The van der Waals surface area contributed by atoms with Gasteiger partial charge in [0.25, 0.3) is 0 Å². The largest absolute Gasteiger partial charge is 0.356 e. The summed E-state index contributed by atoms with van der Waals surface area (Å²) in [6.45, 7) is 5.93. The van der Waals surface area contributed by atoms with Gasteiger partial charge in [-0.2, -0.15) is 5.10 Å². The summed E-state index contributed by atoms with van der Waals surface area (Å²) in [5.41, 5.74) is 7.46. The predicted octanol–water partition coefficient (Wildman–Crippen LogP) is 0.777. The number of nitrogens with zero attached hydrogens (tertiary/aromatic N) is 2. The summed E-state index contributed by atoms with van der Waals surface area (Å²) < 4.78 is 1.96. The van der Waals surface area contributed by atoms with E-state index in [1.165, 1.54) is 0 Å². The normalized spacial score (nSPS) is 9.82. The number of rotatable bonds is 6. The number of amides is 1. The fourth-order valence-electron chi connectivity index (χ4n) is 1.58. The van der Waals surface area contributed by atoms with Crippen LogP contribution in [0.15, 0.2) is 6.07 Å². The van der Waals surface area contributed by atoms with Crippen LogP contribution in [-0.4, -0.2) is 28.8 Å². The molecule has 1 amide bonds. The van der Waals surface area contributed by atoms with Gasteiger partial charge in [-0.3, -0.25) is 9.48 Å². The third-order valence-corrected chi connectivity index (χ3v) is 2.34. The molecule has 0 saturated carbocycles. The van der Waals surface area contributed by atoms with Crippen LogP contribution in [0.4, 0.5) is 0 Å². The molecule has 1 aromatic heterocycles. The van der Waals surface area contributed by atoms with E-state index in [2.05, 4.69) is 10.4 Å². The summed E-state index contributed by atoms with van der Waals surface area (Å²) in [6.07, 6.45) is 1.29.